The Kier molecular flexibility index (Phi) is 9.68. The largest absolute Gasteiger partial charge is 0.480 e. The van der Waals surface area contributed by atoms with Crippen LogP contribution in [0.25, 0.3) is 27.5 Å². The van der Waals surface area contributed by atoms with E-state index in [1.54, 1.807) is 22.8 Å². The number of hydrogen-bond acceptors (Lipinski definition) is 6. The van der Waals surface area contributed by atoms with E-state index in [0.29, 0.717) is 58.4 Å². The molecule has 1 amide bonds. The van der Waals surface area contributed by atoms with Crippen molar-refractivity contribution in [3.05, 3.63) is 91.7 Å². The van der Waals surface area contributed by atoms with Crippen LogP contribution in [0.4, 0.5) is 0 Å². The first-order valence-electron chi connectivity index (χ1n) is 15.0. The van der Waals surface area contributed by atoms with E-state index in [9.17, 15) is 19.5 Å². The number of rotatable bonds is 9. The van der Waals surface area contributed by atoms with Gasteiger partial charge in [0.1, 0.15) is 11.0 Å². The van der Waals surface area contributed by atoms with Gasteiger partial charge in [-0.05, 0) is 54.5 Å². The predicted octanol–water partition coefficient (Wildman–Crippen LogP) is 6.10. The third-order valence-electron chi connectivity index (χ3n) is 7.99. The molecule has 10 heteroatoms. The average molecular weight is 633 g/mol. The van der Waals surface area contributed by atoms with Gasteiger partial charge in [0.15, 0.2) is 0 Å². The predicted molar refractivity (Wildman–Crippen MR) is 176 cm³/mol. The second-order valence-corrected chi connectivity index (χ2v) is 12.7. The molecule has 1 atom stereocenters. The number of hydrogen-bond donors (Lipinski definition) is 2. The minimum atomic E-state index is -1.07. The molecule has 1 aliphatic rings. The lowest BCUT2D eigenvalue weighted by Gasteiger charge is -2.34. The molecule has 1 unspecified atom stereocenters. The van der Waals surface area contributed by atoms with Gasteiger partial charge < -0.3 is 15.3 Å². The van der Waals surface area contributed by atoms with Gasteiger partial charge in [-0.3, -0.25) is 14.2 Å². The Morgan fingerprint density at radius 1 is 1.11 bits per heavy atom. The summed E-state index contributed by atoms with van der Waals surface area (Å²) in [5.41, 5.74) is 5.32. The van der Waals surface area contributed by atoms with Gasteiger partial charge in [0.05, 0.1) is 22.5 Å². The van der Waals surface area contributed by atoms with Gasteiger partial charge >= 0.3 is 5.97 Å². The van der Waals surface area contributed by atoms with Crippen LogP contribution < -0.4 is 10.9 Å². The van der Waals surface area contributed by atoms with Crippen molar-refractivity contribution >= 4 is 34.8 Å². The second-order valence-electron chi connectivity index (χ2n) is 11.4. The molecule has 0 spiro atoms. The van der Waals surface area contributed by atoms with Crippen LogP contribution in [0.2, 0.25) is 5.02 Å². The Morgan fingerprint density at radius 3 is 2.41 bits per heavy atom. The smallest absolute Gasteiger partial charge is 0.327 e. The molecule has 2 aromatic heterocycles. The molecule has 5 rings (SSSR count). The van der Waals surface area contributed by atoms with E-state index in [1.165, 1.54) is 16.2 Å². The number of amides is 1. The van der Waals surface area contributed by atoms with Crippen LogP contribution in [0.5, 0.6) is 0 Å². The lowest BCUT2D eigenvalue weighted by molar-refractivity contribution is -0.142. The van der Waals surface area contributed by atoms with Gasteiger partial charge in [-0.25, -0.2) is 9.78 Å². The maximum atomic E-state index is 14.7. The number of para-hydroxylation sites is 1. The van der Waals surface area contributed by atoms with Crippen molar-refractivity contribution < 1.29 is 14.7 Å². The standard InChI is InChI=1S/C34H37ClN4O4S/c1-5-21-8-7-9-22(6-2)30(21)39-28(16-20(3)4)25(32(40)38-15-14-36-18-29(38)34(42)43)17-26(33(39)41)31-37-27(19-44-31)23-10-12-24(35)13-11-23/h7-13,17,19-20,29,36H,5-6,14-16,18H2,1-4H3,(H,42,43). The summed E-state index contributed by atoms with van der Waals surface area (Å²) in [7, 11) is 0. The number of nitrogens with one attached hydrogen (secondary N) is 1. The highest BCUT2D eigenvalue weighted by atomic mass is 35.5. The second kappa shape index (κ2) is 13.5. The first kappa shape index (κ1) is 31.6. The first-order valence-corrected chi connectivity index (χ1v) is 16.3. The van der Waals surface area contributed by atoms with Crippen molar-refractivity contribution in [2.45, 2.75) is 53.0 Å². The Morgan fingerprint density at radius 2 is 1.80 bits per heavy atom. The minimum Gasteiger partial charge on any atom is -0.480 e. The minimum absolute atomic E-state index is 0.117. The van der Waals surface area contributed by atoms with Crippen LogP contribution >= 0.6 is 22.9 Å². The molecule has 230 valence electrons. The summed E-state index contributed by atoms with van der Waals surface area (Å²) in [5, 5.41) is 16.1. The highest BCUT2D eigenvalue weighted by Crippen LogP contribution is 2.32. The number of pyridine rings is 1. The number of aryl methyl sites for hydroxylation is 2. The molecule has 2 N–H and O–H groups in total. The number of carboxylic acids is 1. The topological polar surface area (TPSA) is 105 Å². The Balaban J connectivity index is 1.82. The molecule has 0 saturated carbocycles. The van der Waals surface area contributed by atoms with Gasteiger partial charge in [-0.15, -0.1) is 11.3 Å². The van der Waals surface area contributed by atoms with E-state index in [4.69, 9.17) is 16.6 Å². The first-order chi connectivity index (χ1) is 21.1. The summed E-state index contributed by atoms with van der Waals surface area (Å²) in [5.74, 6) is -1.35. The highest BCUT2D eigenvalue weighted by Gasteiger charge is 2.35. The number of carbonyl (C=O) groups excluding carboxylic acids is 1. The summed E-state index contributed by atoms with van der Waals surface area (Å²) in [6.07, 6.45) is 1.84. The monoisotopic (exact) mass is 632 g/mol. The number of halogens is 1. The molecule has 1 saturated heterocycles. The van der Waals surface area contributed by atoms with Crippen LogP contribution in [0, 0.1) is 5.92 Å². The molecule has 1 aliphatic heterocycles. The van der Waals surface area contributed by atoms with Crippen molar-refractivity contribution in [2.24, 2.45) is 5.92 Å². The van der Waals surface area contributed by atoms with E-state index in [1.807, 2.05) is 49.6 Å². The van der Waals surface area contributed by atoms with Crippen LogP contribution in [-0.4, -0.2) is 57.1 Å². The van der Waals surface area contributed by atoms with E-state index in [2.05, 4.69) is 19.2 Å². The Hall–Kier alpha value is -3.79. The van der Waals surface area contributed by atoms with Gasteiger partial charge in [0.25, 0.3) is 11.5 Å². The number of nitrogens with zero attached hydrogens (tertiary/aromatic N) is 3. The normalized spacial score (nSPS) is 15.1. The SMILES string of the molecule is CCc1cccc(CC)c1-n1c(CC(C)C)c(C(=O)N2CCNCC2C(=O)O)cc(-c2nc(-c3ccc(Cl)cc3)cs2)c1=O. The number of carboxylic acid groups (broad SMARTS) is 1. The van der Waals surface area contributed by atoms with Crippen molar-refractivity contribution in [1.82, 2.24) is 19.8 Å². The number of aromatic nitrogens is 2. The summed E-state index contributed by atoms with van der Waals surface area (Å²) in [4.78, 5) is 47.6. The summed E-state index contributed by atoms with van der Waals surface area (Å²) in [6, 6.07) is 14.0. The zero-order valence-corrected chi connectivity index (χ0v) is 27.0. The number of piperazine rings is 1. The molecule has 4 aromatic rings. The molecule has 1 fully saturated rings. The number of thiazole rings is 1. The summed E-state index contributed by atoms with van der Waals surface area (Å²) in [6.45, 7) is 9.09. The molecule has 0 radical (unpaired) electrons. The van der Waals surface area contributed by atoms with E-state index in [0.717, 1.165) is 22.4 Å². The summed E-state index contributed by atoms with van der Waals surface area (Å²) >= 11 is 7.43. The Bertz CT molecular complexity index is 1720. The highest BCUT2D eigenvalue weighted by molar-refractivity contribution is 7.13. The number of benzene rings is 2. The average Bonchev–Trinajstić information content (AvgIpc) is 3.51. The van der Waals surface area contributed by atoms with E-state index >= 15 is 0 Å². The fraction of sp³-hybridized carbons (Fsp3) is 0.353. The molecule has 0 bridgehead atoms. The molecule has 3 heterocycles. The zero-order valence-electron chi connectivity index (χ0n) is 25.4. The third kappa shape index (κ3) is 6.22. The molecule has 8 nitrogen and oxygen atoms in total. The molecular weight excluding hydrogens is 596 g/mol. The molecule has 2 aromatic carbocycles. The third-order valence-corrected chi connectivity index (χ3v) is 9.11. The van der Waals surface area contributed by atoms with Gasteiger partial charge in [0.2, 0.25) is 0 Å². The zero-order chi connectivity index (χ0) is 31.5. The van der Waals surface area contributed by atoms with Crippen LogP contribution in [-0.2, 0) is 24.1 Å². The number of aliphatic carboxylic acids is 1. The maximum Gasteiger partial charge on any atom is 0.327 e. The van der Waals surface area contributed by atoms with Crippen molar-refractivity contribution in [3.63, 3.8) is 0 Å². The number of carbonyl (C=O) groups is 2. The molecular formula is C34H37ClN4O4S. The van der Waals surface area contributed by atoms with Crippen molar-refractivity contribution in [3.8, 4) is 27.5 Å². The van der Waals surface area contributed by atoms with Crippen LogP contribution in [0.3, 0.4) is 0 Å². The van der Waals surface area contributed by atoms with Crippen LogP contribution in [0.1, 0.15) is 54.9 Å². The Labute approximate surface area is 266 Å². The van der Waals surface area contributed by atoms with Gasteiger partial charge in [-0.1, -0.05) is 69.6 Å². The van der Waals surface area contributed by atoms with E-state index < -0.39 is 17.9 Å². The molecule has 44 heavy (non-hydrogen) atoms. The fourth-order valence-corrected chi connectivity index (χ4v) is 6.75. The van der Waals surface area contributed by atoms with Gasteiger partial charge in [0, 0.05) is 41.3 Å². The van der Waals surface area contributed by atoms with E-state index in [-0.39, 0.29) is 24.6 Å². The van der Waals surface area contributed by atoms with Crippen LogP contribution in [0.15, 0.2) is 58.7 Å². The van der Waals surface area contributed by atoms with Gasteiger partial charge in [-0.2, -0.15) is 0 Å². The maximum absolute atomic E-state index is 14.7. The summed E-state index contributed by atoms with van der Waals surface area (Å²) < 4.78 is 1.72. The van der Waals surface area contributed by atoms with Crippen molar-refractivity contribution in [1.29, 1.82) is 0 Å². The fourth-order valence-electron chi connectivity index (χ4n) is 5.79. The molecule has 0 aliphatic carbocycles. The quantitative estimate of drug-likeness (QED) is 0.231. The lowest BCUT2D eigenvalue weighted by Crippen LogP contribution is -2.57. The lowest BCUT2D eigenvalue weighted by atomic mass is 9.96. The van der Waals surface area contributed by atoms with Crippen molar-refractivity contribution in [2.75, 3.05) is 19.6 Å².